The van der Waals surface area contributed by atoms with Crippen molar-refractivity contribution in [1.29, 1.82) is 0 Å². The van der Waals surface area contributed by atoms with Gasteiger partial charge in [-0.2, -0.15) is 0 Å². The number of hydrogen-bond acceptors (Lipinski definition) is 5. The summed E-state index contributed by atoms with van der Waals surface area (Å²) in [6.07, 6.45) is 0.740. The number of anilines is 1. The molecule has 0 radical (unpaired) electrons. The molecule has 0 heterocycles. The Hall–Kier alpha value is -0.780. The molecule has 0 aliphatic heterocycles. The van der Waals surface area contributed by atoms with Crippen LogP contribution in [0.3, 0.4) is 0 Å². The van der Waals surface area contributed by atoms with Crippen LogP contribution >= 0.6 is 12.2 Å². The molecule has 0 aliphatic carbocycles. The van der Waals surface area contributed by atoms with Gasteiger partial charge in [-0.15, -0.1) is 0 Å². The van der Waals surface area contributed by atoms with Crippen molar-refractivity contribution in [1.82, 2.24) is 4.90 Å². The lowest BCUT2D eigenvalue weighted by Crippen LogP contribution is -2.25. The van der Waals surface area contributed by atoms with Crippen LogP contribution in [0.5, 0.6) is 0 Å². The SMILES string of the molecule is CCc1c(NCCOCCN(C)CC)c(=S)c1=O. The Morgan fingerprint density at radius 2 is 2.06 bits per heavy atom. The number of nitrogens with one attached hydrogen (secondary N) is 1. The molecule has 0 bridgehead atoms. The van der Waals surface area contributed by atoms with Crippen LogP contribution in [0.15, 0.2) is 4.79 Å². The molecule has 102 valence electrons. The minimum atomic E-state index is 0.0282. The van der Waals surface area contributed by atoms with E-state index in [0.29, 0.717) is 17.7 Å². The van der Waals surface area contributed by atoms with Crippen LogP contribution in [0.25, 0.3) is 0 Å². The predicted molar refractivity (Wildman–Crippen MR) is 77.8 cm³/mol. The van der Waals surface area contributed by atoms with Gasteiger partial charge in [0.15, 0.2) is 0 Å². The Balaban J connectivity index is 2.17. The van der Waals surface area contributed by atoms with Crippen LogP contribution < -0.4 is 10.7 Å². The maximum atomic E-state index is 11.4. The molecule has 0 saturated carbocycles. The Kier molecular flexibility index (Phi) is 6.46. The summed E-state index contributed by atoms with van der Waals surface area (Å²) in [5, 5.41) is 3.18. The van der Waals surface area contributed by atoms with Crippen LogP contribution in [-0.4, -0.2) is 44.8 Å². The minimum absolute atomic E-state index is 0.0282. The molecule has 4 nitrogen and oxygen atoms in total. The number of ether oxygens (including phenoxy) is 1. The van der Waals surface area contributed by atoms with Crippen molar-refractivity contribution < 1.29 is 4.74 Å². The molecule has 0 amide bonds. The monoisotopic (exact) mass is 270 g/mol. The molecular formula is C13H22N2O2S. The van der Waals surface area contributed by atoms with Gasteiger partial charge in [-0.1, -0.05) is 26.1 Å². The zero-order valence-electron chi connectivity index (χ0n) is 11.4. The summed E-state index contributed by atoms with van der Waals surface area (Å²) >= 11 is 5.00. The molecular weight excluding hydrogens is 248 g/mol. The van der Waals surface area contributed by atoms with Gasteiger partial charge in [0.1, 0.15) is 4.51 Å². The second-order valence-electron chi connectivity index (χ2n) is 4.30. The van der Waals surface area contributed by atoms with Crippen LogP contribution in [0.1, 0.15) is 19.4 Å². The summed E-state index contributed by atoms with van der Waals surface area (Å²) in [5.41, 5.74) is 1.71. The van der Waals surface area contributed by atoms with E-state index in [1.807, 2.05) is 6.92 Å². The number of likely N-dealkylation sites (N-methyl/N-ethyl adjacent to an activating group) is 1. The van der Waals surface area contributed by atoms with E-state index in [4.69, 9.17) is 17.0 Å². The van der Waals surface area contributed by atoms with E-state index in [0.717, 1.165) is 37.4 Å². The quantitative estimate of drug-likeness (QED) is 0.545. The van der Waals surface area contributed by atoms with Gasteiger partial charge in [0.2, 0.25) is 5.43 Å². The summed E-state index contributed by atoms with van der Waals surface area (Å²) in [6.45, 7) is 8.12. The highest BCUT2D eigenvalue weighted by molar-refractivity contribution is 7.71. The molecule has 1 rings (SSSR count). The van der Waals surface area contributed by atoms with Gasteiger partial charge < -0.3 is 15.0 Å². The molecule has 18 heavy (non-hydrogen) atoms. The Bertz CT molecular complexity index is 438. The fourth-order valence-corrected chi connectivity index (χ4v) is 2.01. The first-order valence-electron chi connectivity index (χ1n) is 6.44. The van der Waals surface area contributed by atoms with Crippen LogP contribution in [0.2, 0.25) is 0 Å². The minimum Gasteiger partial charge on any atom is -0.381 e. The van der Waals surface area contributed by atoms with E-state index in [-0.39, 0.29) is 5.43 Å². The Morgan fingerprint density at radius 1 is 1.33 bits per heavy atom. The van der Waals surface area contributed by atoms with Gasteiger partial charge >= 0.3 is 0 Å². The molecule has 5 heteroatoms. The van der Waals surface area contributed by atoms with Crippen molar-refractivity contribution in [3.05, 3.63) is 20.3 Å². The summed E-state index contributed by atoms with van der Waals surface area (Å²) in [5.74, 6) is 0. The molecule has 0 fully saturated rings. The zero-order chi connectivity index (χ0) is 13.5. The van der Waals surface area contributed by atoms with Gasteiger partial charge in [0.05, 0.1) is 18.9 Å². The van der Waals surface area contributed by atoms with Crippen molar-refractivity contribution in [2.24, 2.45) is 0 Å². The average molecular weight is 270 g/mol. The molecule has 0 unspecified atom stereocenters. The maximum absolute atomic E-state index is 11.4. The fourth-order valence-electron chi connectivity index (χ4n) is 1.69. The topological polar surface area (TPSA) is 41.6 Å². The van der Waals surface area contributed by atoms with Crippen molar-refractivity contribution in [2.75, 3.05) is 45.2 Å². The van der Waals surface area contributed by atoms with Crippen LogP contribution in [-0.2, 0) is 11.2 Å². The normalized spacial score (nSPS) is 11.3. The fraction of sp³-hybridized carbons (Fsp3) is 0.692. The highest BCUT2D eigenvalue weighted by atomic mass is 32.1. The molecule has 0 aliphatic rings. The highest BCUT2D eigenvalue weighted by Gasteiger charge is 2.14. The third-order valence-corrected chi connectivity index (χ3v) is 3.46. The van der Waals surface area contributed by atoms with Crippen molar-refractivity contribution in [2.45, 2.75) is 20.3 Å². The third kappa shape index (κ3) is 3.86. The van der Waals surface area contributed by atoms with Gasteiger partial charge in [-0.05, 0) is 20.0 Å². The van der Waals surface area contributed by atoms with E-state index in [1.165, 1.54) is 0 Å². The molecule has 0 saturated heterocycles. The first kappa shape index (κ1) is 15.3. The lowest BCUT2D eigenvalue weighted by atomic mass is 10.1. The first-order valence-corrected chi connectivity index (χ1v) is 6.84. The number of nitrogens with zero attached hydrogens (tertiary/aromatic N) is 1. The van der Waals surface area contributed by atoms with Gasteiger partial charge in [-0.3, -0.25) is 4.79 Å². The van der Waals surface area contributed by atoms with Gasteiger partial charge in [-0.25, -0.2) is 0 Å². The van der Waals surface area contributed by atoms with E-state index in [1.54, 1.807) is 0 Å². The zero-order valence-corrected chi connectivity index (χ0v) is 12.2. The summed E-state index contributed by atoms with van der Waals surface area (Å²) in [7, 11) is 2.07. The lowest BCUT2D eigenvalue weighted by Gasteiger charge is -2.15. The number of hydrogen-bond donors (Lipinski definition) is 1. The molecule has 1 aromatic carbocycles. The third-order valence-electron chi connectivity index (χ3n) is 3.07. The molecule has 0 aromatic heterocycles. The largest absolute Gasteiger partial charge is 0.381 e. The summed E-state index contributed by atoms with van der Waals surface area (Å²) in [4.78, 5) is 13.6. The van der Waals surface area contributed by atoms with Gasteiger partial charge in [0, 0.05) is 18.7 Å². The van der Waals surface area contributed by atoms with Crippen molar-refractivity contribution in [3.63, 3.8) is 0 Å². The van der Waals surface area contributed by atoms with Crippen LogP contribution in [0, 0.1) is 4.51 Å². The Labute approximate surface area is 114 Å². The lowest BCUT2D eigenvalue weighted by molar-refractivity contribution is 0.121. The van der Waals surface area contributed by atoms with E-state index in [2.05, 4.69) is 24.2 Å². The molecule has 0 spiro atoms. The molecule has 1 N–H and O–H groups in total. The summed E-state index contributed by atoms with van der Waals surface area (Å²) < 4.78 is 5.94. The standard InChI is InChI=1S/C13H22N2O2S/c1-4-10-11(13(18)12(10)16)14-6-8-17-9-7-15(3)5-2/h14H,4-9H2,1-3H3. The van der Waals surface area contributed by atoms with E-state index in [9.17, 15) is 4.79 Å². The van der Waals surface area contributed by atoms with Crippen LogP contribution in [0.4, 0.5) is 5.69 Å². The predicted octanol–water partition coefficient (Wildman–Crippen LogP) is 1.59. The Morgan fingerprint density at radius 3 is 2.67 bits per heavy atom. The highest BCUT2D eigenvalue weighted by Crippen LogP contribution is 2.16. The van der Waals surface area contributed by atoms with E-state index >= 15 is 0 Å². The molecule has 0 atom stereocenters. The number of rotatable bonds is 9. The average Bonchev–Trinajstić information content (AvgIpc) is 2.39. The first-order chi connectivity index (χ1) is 8.61. The van der Waals surface area contributed by atoms with Gasteiger partial charge in [0.25, 0.3) is 0 Å². The second-order valence-corrected chi connectivity index (χ2v) is 4.71. The van der Waals surface area contributed by atoms with Crippen molar-refractivity contribution >= 4 is 17.9 Å². The maximum Gasteiger partial charge on any atom is 0.204 e. The van der Waals surface area contributed by atoms with Crippen molar-refractivity contribution in [3.8, 4) is 0 Å². The second kappa shape index (κ2) is 7.61. The summed E-state index contributed by atoms with van der Waals surface area (Å²) in [6, 6.07) is 0. The smallest absolute Gasteiger partial charge is 0.204 e. The molecule has 1 aromatic rings. The van der Waals surface area contributed by atoms with E-state index < -0.39 is 0 Å².